The molecule has 0 fully saturated rings. The molecule has 1 heterocycles. The molecule has 0 bridgehead atoms. The van der Waals surface area contributed by atoms with Gasteiger partial charge in [-0.15, -0.1) is 0 Å². The number of hydrogen-bond donors (Lipinski definition) is 0. The molecule has 0 saturated heterocycles. The molecule has 1 aliphatic heterocycles. The van der Waals surface area contributed by atoms with E-state index in [9.17, 15) is 0 Å². The van der Waals surface area contributed by atoms with Gasteiger partial charge >= 0.3 is 0 Å². The third-order valence-corrected chi connectivity index (χ3v) is 3.69. The van der Waals surface area contributed by atoms with Gasteiger partial charge in [0.15, 0.2) is 0 Å². The highest BCUT2D eigenvalue weighted by atomic mass is 35.5. The van der Waals surface area contributed by atoms with Gasteiger partial charge in [-0.05, 0) is 36.1 Å². The maximum absolute atomic E-state index is 6.19. The van der Waals surface area contributed by atoms with Crippen LogP contribution in [0.3, 0.4) is 0 Å². The first kappa shape index (κ1) is 11.9. The van der Waals surface area contributed by atoms with Crippen molar-refractivity contribution in [3.8, 4) is 5.75 Å². The average molecular weight is 279 g/mol. The first-order valence-electron chi connectivity index (χ1n) is 5.93. The summed E-state index contributed by atoms with van der Waals surface area (Å²) in [5.74, 6) is 0.779. The Morgan fingerprint density at radius 3 is 2.61 bits per heavy atom. The molecular formula is C15H12Cl2O. The Labute approximate surface area is 116 Å². The zero-order valence-electron chi connectivity index (χ0n) is 9.70. The van der Waals surface area contributed by atoms with Crippen LogP contribution in [-0.2, 0) is 6.42 Å². The minimum absolute atomic E-state index is 0.0809. The van der Waals surface area contributed by atoms with Gasteiger partial charge in [0.2, 0.25) is 0 Å². The lowest BCUT2D eigenvalue weighted by Gasteiger charge is -2.27. The highest BCUT2D eigenvalue weighted by Gasteiger charge is 2.23. The molecule has 18 heavy (non-hydrogen) atoms. The molecule has 2 aromatic carbocycles. The van der Waals surface area contributed by atoms with Crippen molar-refractivity contribution in [1.29, 1.82) is 0 Å². The van der Waals surface area contributed by atoms with Crippen LogP contribution in [0.4, 0.5) is 0 Å². The van der Waals surface area contributed by atoms with Crippen molar-refractivity contribution in [2.45, 2.75) is 18.9 Å². The van der Waals surface area contributed by atoms with E-state index in [4.69, 9.17) is 27.9 Å². The van der Waals surface area contributed by atoms with Crippen molar-refractivity contribution in [2.75, 3.05) is 0 Å². The third-order valence-electron chi connectivity index (χ3n) is 3.19. The van der Waals surface area contributed by atoms with Crippen LogP contribution in [0.5, 0.6) is 5.75 Å². The van der Waals surface area contributed by atoms with Gasteiger partial charge in [0.05, 0.1) is 5.02 Å². The van der Waals surface area contributed by atoms with E-state index in [1.807, 2.05) is 24.3 Å². The summed E-state index contributed by atoms with van der Waals surface area (Å²) in [6, 6.07) is 13.9. The molecule has 0 amide bonds. The molecule has 0 spiro atoms. The van der Waals surface area contributed by atoms with Gasteiger partial charge in [-0.25, -0.2) is 0 Å². The maximum atomic E-state index is 6.19. The van der Waals surface area contributed by atoms with Crippen molar-refractivity contribution >= 4 is 23.2 Å². The monoisotopic (exact) mass is 278 g/mol. The Morgan fingerprint density at radius 2 is 1.83 bits per heavy atom. The number of halogens is 2. The summed E-state index contributed by atoms with van der Waals surface area (Å²) >= 11 is 12.2. The summed E-state index contributed by atoms with van der Waals surface area (Å²) in [5.41, 5.74) is 2.29. The molecule has 1 atom stereocenters. The Bertz CT molecular complexity index is 566. The highest BCUT2D eigenvalue weighted by molar-refractivity contribution is 6.35. The van der Waals surface area contributed by atoms with Gasteiger partial charge in [0.1, 0.15) is 11.9 Å². The lowest BCUT2D eigenvalue weighted by molar-refractivity contribution is 0.177. The number of aryl methyl sites for hydroxylation is 1. The van der Waals surface area contributed by atoms with Crippen LogP contribution in [0.2, 0.25) is 10.0 Å². The standard InChI is InChI=1S/C15H12Cl2O/c16-12-8-11-6-7-14(10-4-2-1-3-5-10)18-15(11)13(17)9-12/h1-5,8-9,14H,6-7H2. The molecule has 0 radical (unpaired) electrons. The van der Waals surface area contributed by atoms with Gasteiger partial charge in [0, 0.05) is 5.02 Å². The van der Waals surface area contributed by atoms with Gasteiger partial charge in [0.25, 0.3) is 0 Å². The SMILES string of the molecule is Clc1cc(Cl)c2c(c1)CCC(c1ccccc1)O2. The lowest BCUT2D eigenvalue weighted by atomic mass is 9.97. The van der Waals surface area contributed by atoms with Gasteiger partial charge in [-0.3, -0.25) is 0 Å². The van der Waals surface area contributed by atoms with Crippen LogP contribution in [0, 0.1) is 0 Å². The largest absolute Gasteiger partial charge is 0.484 e. The van der Waals surface area contributed by atoms with E-state index >= 15 is 0 Å². The molecular weight excluding hydrogens is 267 g/mol. The van der Waals surface area contributed by atoms with Crippen LogP contribution in [-0.4, -0.2) is 0 Å². The third kappa shape index (κ3) is 2.21. The molecule has 3 heteroatoms. The predicted octanol–water partition coefficient (Wildman–Crippen LogP) is 5.06. The summed E-state index contributed by atoms with van der Waals surface area (Å²) < 4.78 is 6.01. The number of rotatable bonds is 1. The minimum atomic E-state index is 0.0809. The molecule has 92 valence electrons. The van der Waals surface area contributed by atoms with E-state index in [1.165, 1.54) is 5.56 Å². The fourth-order valence-electron chi connectivity index (χ4n) is 2.32. The summed E-state index contributed by atoms with van der Waals surface area (Å²) in [6.07, 6.45) is 1.97. The Balaban J connectivity index is 1.94. The van der Waals surface area contributed by atoms with Crippen molar-refractivity contribution in [1.82, 2.24) is 0 Å². The summed E-state index contributed by atoms with van der Waals surface area (Å²) in [7, 11) is 0. The van der Waals surface area contributed by atoms with Crippen LogP contribution in [0.1, 0.15) is 23.7 Å². The van der Waals surface area contributed by atoms with Crippen LogP contribution in [0.25, 0.3) is 0 Å². The maximum Gasteiger partial charge on any atom is 0.142 e. The zero-order valence-corrected chi connectivity index (χ0v) is 11.2. The molecule has 1 nitrogen and oxygen atoms in total. The lowest BCUT2D eigenvalue weighted by Crippen LogP contribution is -2.15. The van der Waals surface area contributed by atoms with E-state index in [2.05, 4.69) is 12.1 Å². The highest BCUT2D eigenvalue weighted by Crippen LogP contribution is 2.41. The Hall–Kier alpha value is -1.18. The molecule has 1 aliphatic rings. The van der Waals surface area contributed by atoms with E-state index in [0.717, 1.165) is 24.2 Å². The fraction of sp³-hybridized carbons (Fsp3) is 0.200. The minimum Gasteiger partial charge on any atom is -0.484 e. The van der Waals surface area contributed by atoms with Gasteiger partial charge in [-0.1, -0.05) is 53.5 Å². The summed E-state index contributed by atoms with van der Waals surface area (Å²) in [4.78, 5) is 0. The average Bonchev–Trinajstić information content (AvgIpc) is 2.39. The molecule has 0 aromatic heterocycles. The molecule has 0 N–H and O–H groups in total. The van der Waals surface area contributed by atoms with Crippen LogP contribution < -0.4 is 4.74 Å². The summed E-state index contributed by atoms with van der Waals surface area (Å²) in [5, 5.41) is 1.26. The molecule has 3 rings (SSSR count). The normalized spacial score (nSPS) is 18.0. The van der Waals surface area contributed by atoms with Crippen molar-refractivity contribution < 1.29 is 4.74 Å². The van der Waals surface area contributed by atoms with E-state index < -0.39 is 0 Å². The second-order valence-electron chi connectivity index (χ2n) is 4.43. The molecule has 2 aromatic rings. The van der Waals surface area contributed by atoms with Gasteiger partial charge in [-0.2, -0.15) is 0 Å². The van der Waals surface area contributed by atoms with Crippen molar-refractivity contribution in [3.63, 3.8) is 0 Å². The Kier molecular flexibility index (Phi) is 3.19. The van der Waals surface area contributed by atoms with Gasteiger partial charge < -0.3 is 4.74 Å². The van der Waals surface area contributed by atoms with E-state index in [1.54, 1.807) is 6.07 Å². The second-order valence-corrected chi connectivity index (χ2v) is 5.28. The number of fused-ring (bicyclic) bond motifs is 1. The number of hydrogen-bond acceptors (Lipinski definition) is 1. The predicted molar refractivity (Wildman–Crippen MR) is 74.6 cm³/mol. The first-order chi connectivity index (χ1) is 8.74. The number of benzene rings is 2. The summed E-state index contributed by atoms with van der Waals surface area (Å²) in [6.45, 7) is 0. The first-order valence-corrected chi connectivity index (χ1v) is 6.69. The topological polar surface area (TPSA) is 9.23 Å². The second kappa shape index (κ2) is 4.83. The van der Waals surface area contributed by atoms with E-state index in [0.29, 0.717) is 10.0 Å². The van der Waals surface area contributed by atoms with Crippen molar-refractivity contribution in [3.05, 3.63) is 63.6 Å². The van der Waals surface area contributed by atoms with Crippen molar-refractivity contribution in [2.24, 2.45) is 0 Å². The Morgan fingerprint density at radius 1 is 1.06 bits per heavy atom. The van der Waals surface area contributed by atoms with E-state index in [-0.39, 0.29) is 6.10 Å². The quantitative estimate of drug-likeness (QED) is 0.709. The van der Waals surface area contributed by atoms with Crippen LogP contribution >= 0.6 is 23.2 Å². The molecule has 0 saturated carbocycles. The fourth-order valence-corrected chi connectivity index (χ4v) is 2.90. The molecule has 1 unspecified atom stereocenters. The number of ether oxygens (including phenoxy) is 1. The molecule has 0 aliphatic carbocycles. The van der Waals surface area contributed by atoms with Crippen LogP contribution in [0.15, 0.2) is 42.5 Å². The zero-order chi connectivity index (χ0) is 12.5. The smallest absolute Gasteiger partial charge is 0.142 e.